The van der Waals surface area contributed by atoms with Crippen molar-refractivity contribution in [2.45, 2.75) is 70.8 Å². The molecule has 3 unspecified atom stereocenters. The van der Waals surface area contributed by atoms with Crippen LogP contribution in [0.5, 0.6) is 0 Å². The Bertz CT molecular complexity index is 261. The molecule has 0 N–H and O–H groups in total. The molecule has 2 saturated carbocycles. The van der Waals surface area contributed by atoms with Gasteiger partial charge >= 0.3 is 5.97 Å². The van der Waals surface area contributed by atoms with Crippen molar-refractivity contribution >= 4 is 5.97 Å². The highest BCUT2D eigenvalue weighted by Gasteiger charge is 2.52. The normalized spacial score (nSPS) is 36.6. The highest BCUT2D eigenvalue weighted by Crippen LogP contribution is 2.54. The Labute approximate surface area is 98.7 Å². The first-order valence-corrected chi connectivity index (χ1v) is 6.92. The minimum absolute atomic E-state index is 0.0382. The van der Waals surface area contributed by atoms with Crippen LogP contribution in [0, 0.1) is 11.8 Å². The van der Waals surface area contributed by atoms with E-state index in [0.29, 0.717) is 12.3 Å². The number of carbonyl (C=O) groups is 1. The van der Waals surface area contributed by atoms with E-state index < -0.39 is 0 Å². The van der Waals surface area contributed by atoms with Crippen molar-refractivity contribution < 1.29 is 9.53 Å². The van der Waals surface area contributed by atoms with Gasteiger partial charge in [0.2, 0.25) is 0 Å². The second-order valence-corrected chi connectivity index (χ2v) is 5.58. The van der Waals surface area contributed by atoms with Crippen LogP contribution in [-0.4, -0.2) is 11.6 Å². The number of ether oxygens (including phenoxy) is 1. The molecule has 0 aliphatic heterocycles. The lowest BCUT2D eigenvalue weighted by Gasteiger charge is -2.36. The third kappa shape index (κ3) is 2.11. The van der Waals surface area contributed by atoms with Gasteiger partial charge < -0.3 is 4.74 Å². The van der Waals surface area contributed by atoms with Gasteiger partial charge in [-0.25, -0.2) is 0 Å². The van der Waals surface area contributed by atoms with Crippen LogP contribution in [0.2, 0.25) is 0 Å². The van der Waals surface area contributed by atoms with Crippen molar-refractivity contribution in [3.8, 4) is 0 Å². The van der Waals surface area contributed by atoms with Gasteiger partial charge in [-0.15, -0.1) is 0 Å². The van der Waals surface area contributed by atoms with Crippen LogP contribution in [0.15, 0.2) is 0 Å². The zero-order valence-corrected chi connectivity index (χ0v) is 10.6. The zero-order valence-electron chi connectivity index (χ0n) is 10.6. The van der Waals surface area contributed by atoms with E-state index in [-0.39, 0.29) is 11.6 Å². The maximum Gasteiger partial charge on any atom is 0.306 e. The van der Waals surface area contributed by atoms with Crippen LogP contribution in [0.1, 0.15) is 65.2 Å². The first kappa shape index (κ1) is 11.9. The summed E-state index contributed by atoms with van der Waals surface area (Å²) in [6.45, 7) is 4.29. The Morgan fingerprint density at radius 1 is 1.38 bits per heavy atom. The number of unbranched alkanes of at least 4 members (excludes halogenated alkanes) is 1. The van der Waals surface area contributed by atoms with E-state index in [2.05, 4.69) is 13.8 Å². The lowest BCUT2D eigenvalue weighted by Crippen LogP contribution is -2.39. The maximum absolute atomic E-state index is 11.8. The van der Waals surface area contributed by atoms with E-state index >= 15 is 0 Å². The highest BCUT2D eigenvalue weighted by molar-refractivity contribution is 5.70. The number of hydrogen-bond acceptors (Lipinski definition) is 2. The fourth-order valence-electron chi connectivity index (χ4n) is 3.62. The molecule has 2 fully saturated rings. The SMILES string of the molecule is CCCCC(=O)OC1(CC)CC2CCC1C2. The Morgan fingerprint density at radius 3 is 2.69 bits per heavy atom. The molecular weight excluding hydrogens is 200 g/mol. The van der Waals surface area contributed by atoms with Crippen LogP contribution in [0.4, 0.5) is 0 Å². The predicted molar refractivity (Wildman–Crippen MR) is 64.1 cm³/mol. The average molecular weight is 224 g/mol. The van der Waals surface area contributed by atoms with Gasteiger partial charge in [-0.2, -0.15) is 0 Å². The Hall–Kier alpha value is -0.530. The lowest BCUT2D eigenvalue weighted by molar-refractivity contribution is -0.166. The van der Waals surface area contributed by atoms with E-state index in [1.54, 1.807) is 0 Å². The van der Waals surface area contributed by atoms with Crippen molar-refractivity contribution in [1.82, 2.24) is 0 Å². The fraction of sp³-hybridized carbons (Fsp3) is 0.929. The summed E-state index contributed by atoms with van der Waals surface area (Å²) in [5.74, 6) is 1.54. The Morgan fingerprint density at radius 2 is 2.19 bits per heavy atom. The monoisotopic (exact) mass is 224 g/mol. The molecule has 3 atom stereocenters. The van der Waals surface area contributed by atoms with Crippen LogP contribution < -0.4 is 0 Å². The summed E-state index contributed by atoms with van der Waals surface area (Å²) >= 11 is 0. The number of hydrogen-bond donors (Lipinski definition) is 0. The van der Waals surface area contributed by atoms with Crippen LogP contribution in [0.3, 0.4) is 0 Å². The van der Waals surface area contributed by atoms with Crippen molar-refractivity contribution in [1.29, 1.82) is 0 Å². The summed E-state index contributed by atoms with van der Waals surface area (Å²) in [6.07, 6.45) is 8.72. The molecule has 0 saturated heterocycles. The summed E-state index contributed by atoms with van der Waals surface area (Å²) in [6, 6.07) is 0. The van der Waals surface area contributed by atoms with Gasteiger partial charge in [0, 0.05) is 6.42 Å². The molecule has 2 heteroatoms. The molecule has 0 aromatic rings. The topological polar surface area (TPSA) is 26.3 Å². The van der Waals surface area contributed by atoms with E-state index in [1.807, 2.05) is 0 Å². The quantitative estimate of drug-likeness (QED) is 0.666. The van der Waals surface area contributed by atoms with Gasteiger partial charge in [-0.3, -0.25) is 4.79 Å². The summed E-state index contributed by atoms with van der Waals surface area (Å²) < 4.78 is 5.85. The molecule has 0 amide bonds. The molecule has 16 heavy (non-hydrogen) atoms. The van der Waals surface area contributed by atoms with Gasteiger partial charge in [0.1, 0.15) is 5.60 Å². The third-order valence-corrected chi connectivity index (χ3v) is 4.57. The van der Waals surface area contributed by atoms with E-state index in [4.69, 9.17) is 4.74 Å². The number of fused-ring (bicyclic) bond motifs is 2. The molecule has 2 aliphatic carbocycles. The van der Waals surface area contributed by atoms with Crippen LogP contribution >= 0.6 is 0 Å². The minimum Gasteiger partial charge on any atom is -0.459 e. The smallest absolute Gasteiger partial charge is 0.306 e. The van der Waals surface area contributed by atoms with Gasteiger partial charge in [-0.05, 0) is 50.4 Å². The molecule has 0 radical (unpaired) electrons. The second-order valence-electron chi connectivity index (χ2n) is 5.58. The van der Waals surface area contributed by atoms with Gasteiger partial charge in [0.15, 0.2) is 0 Å². The van der Waals surface area contributed by atoms with Crippen molar-refractivity contribution in [2.75, 3.05) is 0 Å². The first-order valence-electron chi connectivity index (χ1n) is 6.92. The number of esters is 1. The molecule has 2 rings (SSSR count). The van der Waals surface area contributed by atoms with E-state index in [9.17, 15) is 4.79 Å². The van der Waals surface area contributed by atoms with Crippen LogP contribution in [-0.2, 0) is 9.53 Å². The summed E-state index contributed by atoms with van der Waals surface area (Å²) in [5, 5.41) is 0. The van der Waals surface area contributed by atoms with Crippen molar-refractivity contribution in [3.63, 3.8) is 0 Å². The second kappa shape index (κ2) is 4.77. The van der Waals surface area contributed by atoms with Gasteiger partial charge in [-0.1, -0.05) is 20.3 Å². The fourth-order valence-corrected chi connectivity index (χ4v) is 3.62. The Kier molecular flexibility index (Phi) is 3.56. The Balaban J connectivity index is 1.93. The zero-order chi connectivity index (χ0) is 11.6. The van der Waals surface area contributed by atoms with Gasteiger partial charge in [0.25, 0.3) is 0 Å². The van der Waals surface area contributed by atoms with Gasteiger partial charge in [0.05, 0.1) is 0 Å². The molecule has 0 aromatic heterocycles. The standard InChI is InChI=1S/C14H24O2/c1-3-5-6-13(15)16-14(4-2)10-11-7-8-12(14)9-11/h11-12H,3-10H2,1-2H3. The first-order chi connectivity index (χ1) is 7.70. The third-order valence-electron chi connectivity index (χ3n) is 4.57. The maximum atomic E-state index is 11.8. The molecule has 2 bridgehead atoms. The lowest BCUT2D eigenvalue weighted by atomic mass is 9.82. The average Bonchev–Trinajstić information content (AvgIpc) is 2.86. The summed E-state index contributed by atoms with van der Waals surface area (Å²) in [5.41, 5.74) is -0.0757. The molecule has 0 aromatic carbocycles. The number of rotatable bonds is 5. The van der Waals surface area contributed by atoms with E-state index in [0.717, 1.165) is 31.6 Å². The van der Waals surface area contributed by atoms with E-state index in [1.165, 1.54) is 19.3 Å². The predicted octanol–water partition coefficient (Wildman–Crippen LogP) is 3.69. The molecule has 0 heterocycles. The molecule has 2 aliphatic rings. The molecule has 0 spiro atoms. The summed E-state index contributed by atoms with van der Waals surface area (Å²) in [4.78, 5) is 11.8. The van der Waals surface area contributed by atoms with Crippen molar-refractivity contribution in [3.05, 3.63) is 0 Å². The minimum atomic E-state index is -0.0757. The molecule has 2 nitrogen and oxygen atoms in total. The largest absolute Gasteiger partial charge is 0.459 e. The van der Waals surface area contributed by atoms with Crippen molar-refractivity contribution in [2.24, 2.45) is 11.8 Å². The number of carbonyl (C=O) groups excluding carboxylic acids is 1. The molecular formula is C14H24O2. The summed E-state index contributed by atoms with van der Waals surface area (Å²) in [7, 11) is 0. The highest BCUT2D eigenvalue weighted by atomic mass is 16.6. The molecule has 92 valence electrons. The van der Waals surface area contributed by atoms with Crippen LogP contribution in [0.25, 0.3) is 0 Å².